The second-order valence-corrected chi connectivity index (χ2v) is 2.71. The Morgan fingerprint density at radius 1 is 1.17 bits per heavy atom. The first-order valence-corrected chi connectivity index (χ1v) is 4.42. The molecule has 0 unspecified atom stereocenters. The van der Waals surface area contributed by atoms with Crippen LogP contribution in [0.5, 0.6) is 0 Å². The molecule has 0 aromatic heterocycles. The first-order valence-electron chi connectivity index (χ1n) is 4.42. The molecule has 0 spiro atoms. The van der Waals surface area contributed by atoms with E-state index in [-0.39, 0.29) is 31.0 Å². The zero-order valence-electron chi connectivity index (χ0n) is 9.31. The molecule has 4 heteroatoms. The van der Waals surface area contributed by atoms with Gasteiger partial charge in [0.1, 0.15) is 0 Å². The largest absolute Gasteiger partial charge is 1.00 e. The minimum Gasteiger partial charge on any atom is -1.00 e. The van der Waals surface area contributed by atoms with E-state index < -0.39 is 0 Å². The van der Waals surface area contributed by atoms with E-state index in [0.29, 0.717) is 6.61 Å². The molecule has 0 radical (unpaired) electrons. The minimum atomic E-state index is 0. The van der Waals surface area contributed by atoms with Gasteiger partial charge in [-0.15, -0.1) is 0 Å². The summed E-state index contributed by atoms with van der Waals surface area (Å²) in [5.74, 6) is 0. The van der Waals surface area contributed by atoms with Crippen LogP contribution in [0.3, 0.4) is 0 Å². The molecular weight excluding hydrogens is 165 g/mol. The van der Waals surface area contributed by atoms with Crippen molar-refractivity contribution in [3.8, 4) is 0 Å². The van der Waals surface area contributed by atoms with Crippen LogP contribution in [-0.4, -0.2) is 11.8 Å². The first-order chi connectivity index (χ1) is 5.41. The molecule has 0 aromatic carbocycles. The molecule has 70 valence electrons. The molecular formula is C8H20NNaO2. The fourth-order valence-corrected chi connectivity index (χ4v) is 1.00. The second kappa shape index (κ2) is 14.4. The van der Waals surface area contributed by atoms with E-state index in [1.165, 1.54) is 32.1 Å². The standard InChI is InChI=1S/C8H19NO2.Na.H/c1-2-3-4-5-6-7-8-11-9-10;;/h9-10H,2-8H2,1H3;;/q;+1;-1. The van der Waals surface area contributed by atoms with Gasteiger partial charge in [0.15, 0.2) is 0 Å². The number of hydrogen-bond donors (Lipinski definition) is 2. The molecule has 0 fully saturated rings. The zero-order chi connectivity index (χ0) is 8.36. The minimum absolute atomic E-state index is 0. The summed E-state index contributed by atoms with van der Waals surface area (Å²) in [6.07, 6.45) is 7.44. The fourth-order valence-electron chi connectivity index (χ4n) is 1.00. The Balaban J connectivity index is -0.000000500. The van der Waals surface area contributed by atoms with Crippen molar-refractivity contribution in [2.45, 2.75) is 45.4 Å². The topological polar surface area (TPSA) is 41.5 Å². The normalized spacial score (nSPS) is 9.50. The third-order valence-electron chi connectivity index (χ3n) is 1.66. The van der Waals surface area contributed by atoms with Gasteiger partial charge in [-0.2, -0.15) is 0 Å². The van der Waals surface area contributed by atoms with E-state index >= 15 is 0 Å². The maximum absolute atomic E-state index is 8.03. The number of hydrogen-bond acceptors (Lipinski definition) is 3. The predicted molar refractivity (Wildman–Crippen MR) is 45.4 cm³/mol. The van der Waals surface area contributed by atoms with Crippen molar-refractivity contribution in [2.24, 2.45) is 0 Å². The summed E-state index contributed by atoms with van der Waals surface area (Å²) in [4.78, 5) is 4.55. The third kappa shape index (κ3) is 13.5. The van der Waals surface area contributed by atoms with E-state index in [9.17, 15) is 0 Å². The van der Waals surface area contributed by atoms with Gasteiger partial charge in [0.2, 0.25) is 0 Å². The van der Waals surface area contributed by atoms with Gasteiger partial charge >= 0.3 is 29.6 Å². The van der Waals surface area contributed by atoms with Crippen LogP contribution in [0.4, 0.5) is 0 Å². The van der Waals surface area contributed by atoms with Crippen molar-refractivity contribution in [3.63, 3.8) is 0 Å². The molecule has 0 atom stereocenters. The zero-order valence-corrected chi connectivity index (χ0v) is 10.3. The van der Waals surface area contributed by atoms with E-state index in [0.717, 1.165) is 6.42 Å². The molecule has 0 saturated heterocycles. The molecule has 0 aliphatic rings. The van der Waals surface area contributed by atoms with Gasteiger partial charge in [0.05, 0.1) is 6.61 Å². The van der Waals surface area contributed by atoms with Crippen molar-refractivity contribution in [2.75, 3.05) is 6.61 Å². The predicted octanol–water partition coefficient (Wildman–Crippen LogP) is -0.626. The maximum Gasteiger partial charge on any atom is 1.00 e. The molecule has 0 aromatic rings. The summed E-state index contributed by atoms with van der Waals surface area (Å²) < 4.78 is 0. The third-order valence-corrected chi connectivity index (χ3v) is 1.66. The van der Waals surface area contributed by atoms with E-state index in [1.807, 2.05) is 0 Å². The SMILES string of the molecule is CCCCCCCCONO.[H-].[Na+]. The van der Waals surface area contributed by atoms with Gasteiger partial charge in [-0.25, -0.2) is 0 Å². The van der Waals surface area contributed by atoms with Gasteiger partial charge in [-0.3, -0.25) is 10.0 Å². The van der Waals surface area contributed by atoms with Crippen molar-refractivity contribution in [3.05, 3.63) is 0 Å². The smallest absolute Gasteiger partial charge is 1.00 e. The van der Waals surface area contributed by atoms with Crippen LogP contribution in [0, 0.1) is 0 Å². The van der Waals surface area contributed by atoms with Gasteiger partial charge in [0, 0.05) is 0 Å². The summed E-state index contributed by atoms with van der Waals surface area (Å²) in [6, 6.07) is 0. The van der Waals surface area contributed by atoms with Crippen LogP contribution in [0.1, 0.15) is 46.9 Å². The number of rotatable bonds is 8. The van der Waals surface area contributed by atoms with Crippen molar-refractivity contribution in [1.29, 1.82) is 0 Å². The van der Waals surface area contributed by atoms with E-state index in [1.54, 1.807) is 5.64 Å². The molecule has 0 aliphatic heterocycles. The van der Waals surface area contributed by atoms with Crippen LogP contribution >= 0.6 is 0 Å². The Bertz CT molecular complexity index is 71.2. The van der Waals surface area contributed by atoms with Gasteiger partial charge in [0.25, 0.3) is 0 Å². The summed E-state index contributed by atoms with van der Waals surface area (Å²) in [5, 5.41) is 8.03. The number of nitrogens with one attached hydrogen (secondary N) is 1. The van der Waals surface area contributed by atoms with E-state index in [4.69, 9.17) is 5.21 Å². The van der Waals surface area contributed by atoms with Crippen molar-refractivity contribution < 1.29 is 41.0 Å². The molecule has 12 heavy (non-hydrogen) atoms. The molecule has 2 N–H and O–H groups in total. The fraction of sp³-hybridized carbons (Fsp3) is 1.00. The Labute approximate surface area is 98.6 Å². The summed E-state index contributed by atoms with van der Waals surface area (Å²) in [5.41, 5.74) is 1.67. The summed E-state index contributed by atoms with van der Waals surface area (Å²) in [6.45, 7) is 2.81. The molecule has 3 nitrogen and oxygen atoms in total. The Kier molecular flexibility index (Phi) is 18.4. The second-order valence-electron chi connectivity index (χ2n) is 2.71. The average Bonchev–Trinajstić information content (AvgIpc) is 2.03. The van der Waals surface area contributed by atoms with Gasteiger partial charge in [-0.05, 0) is 6.42 Å². The van der Waals surface area contributed by atoms with Crippen molar-refractivity contribution in [1.82, 2.24) is 5.64 Å². The Hall–Kier alpha value is 0.880. The van der Waals surface area contributed by atoms with Gasteiger partial charge in [-0.1, -0.05) is 44.7 Å². The van der Waals surface area contributed by atoms with E-state index in [2.05, 4.69) is 11.8 Å². The maximum atomic E-state index is 8.03. The van der Waals surface area contributed by atoms with Crippen molar-refractivity contribution >= 4 is 0 Å². The number of unbranched alkanes of at least 4 members (excludes halogenated alkanes) is 5. The van der Waals surface area contributed by atoms with Crippen LogP contribution in [0.2, 0.25) is 0 Å². The molecule has 0 amide bonds. The molecule has 0 saturated carbocycles. The molecule has 0 aliphatic carbocycles. The first kappa shape index (κ1) is 15.4. The quantitative estimate of drug-likeness (QED) is 0.301. The van der Waals surface area contributed by atoms with Crippen LogP contribution in [0.25, 0.3) is 0 Å². The summed E-state index contributed by atoms with van der Waals surface area (Å²) in [7, 11) is 0. The molecule has 0 bridgehead atoms. The van der Waals surface area contributed by atoms with Crippen LogP contribution in [-0.2, 0) is 4.84 Å². The summed E-state index contributed by atoms with van der Waals surface area (Å²) >= 11 is 0. The Morgan fingerprint density at radius 2 is 1.75 bits per heavy atom. The average molecular weight is 185 g/mol. The molecule has 0 heterocycles. The Morgan fingerprint density at radius 3 is 2.33 bits per heavy atom. The molecule has 0 rings (SSSR count). The monoisotopic (exact) mass is 185 g/mol. The van der Waals surface area contributed by atoms with Crippen LogP contribution < -0.4 is 35.2 Å². The van der Waals surface area contributed by atoms with Gasteiger partial charge < -0.3 is 1.43 Å². The van der Waals surface area contributed by atoms with Crippen LogP contribution in [0.15, 0.2) is 0 Å².